The molecule has 0 N–H and O–H groups in total. The summed E-state index contributed by atoms with van der Waals surface area (Å²) < 4.78 is 4.63. The van der Waals surface area contributed by atoms with Gasteiger partial charge in [-0.15, -0.1) is 0 Å². The van der Waals surface area contributed by atoms with Crippen LogP contribution < -0.4 is 9.13 Å². The van der Waals surface area contributed by atoms with Gasteiger partial charge in [0.15, 0.2) is 24.8 Å². The molecule has 0 bridgehead atoms. The van der Waals surface area contributed by atoms with Gasteiger partial charge in [0.05, 0.1) is 0 Å². The van der Waals surface area contributed by atoms with Gasteiger partial charge in [-0.05, 0) is 125 Å². The zero-order valence-corrected chi connectivity index (χ0v) is 33.2. The van der Waals surface area contributed by atoms with Crippen LogP contribution in [0.25, 0.3) is 0 Å². The van der Waals surface area contributed by atoms with Gasteiger partial charge in [0.2, 0.25) is 0 Å². The molecule has 0 aliphatic heterocycles. The van der Waals surface area contributed by atoms with Gasteiger partial charge in [-0.2, -0.15) is 0 Å². The van der Waals surface area contributed by atoms with Gasteiger partial charge in [0.1, 0.15) is 13.1 Å². The van der Waals surface area contributed by atoms with Crippen molar-refractivity contribution in [2.75, 3.05) is 10.7 Å². The Labute approximate surface area is 310 Å². The van der Waals surface area contributed by atoms with E-state index in [0.717, 1.165) is 23.7 Å². The normalized spacial score (nSPS) is 10.9. The van der Waals surface area contributed by atoms with E-state index in [1.165, 1.54) is 136 Å². The van der Waals surface area contributed by atoms with Gasteiger partial charge in [-0.25, -0.2) is 9.13 Å². The van der Waals surface area contributed by atoms with Crippen molar-refractivity contribution in [3.63, 3.8) is 0 Å². The summed E-state index contributed by atoms with van der Waals surface area (Å²) in [5.74, 6) is 0. The van der Waals surface area contributed by atoms with Crippen molar-refractivity contribution in [1.29, 1.82) is 0 Å². The number of halogens is 2. The minimum absolute atomic E-state index is 1.13. The van der Waals surface area contributed by atoms with Crippen LogP contribution in [0.2, 0.25) is 0 Å². The van der Waals surface area contributed by atoms with Crippen LogP contribution in [0.5, 0.6) is 0 Å². The number of alkyl halides is 2. The third-order valence-corrected chi connectivity index (χ3v) is 10.1. The fraction of sp³-hybridized carbons (Fsp3) is 0.500. The Bertz CT molecular complexity index is 1300. The van der Waals surface area contributed by atoms with E-state index in [4.69, 9.17) is 0 Å². The predicted molar refractivity (Wildman–Crippen MR) is 213 cm³/mol. The van der Waals surface area contributed by atoms with Crippen molar-refractivity contribution in [3.8, 4) is 0 Å². The fourth-order valence-electron chi connectivity index (χ4n) is 6.27. The van der Waals surface area contributed by atoms with Gasteiger partial charge in [0, 0.05) is 46.8 Å². The highest BCUT2D eigenvalue weighted by atomic mass is 79.9. The maximum absolute atomic E-state index is 3.49. The number of rotatable bonds is 22. The summed E-state index contributed by atoms with van der Waals surface area (Å²) in [5, 5.41) is 2.28. The van der Waals surface area contributed by atoms with Gasteiger partial charge in [-0.3, -0.25) is 0 Å². The molecule has 0 atom stereocenters. The number of benzene rings is 2. The molecule has 0 saturated carbocycles. The standard InChI is InChI=1S/C28H38N2.C16H24Br2/c1-25-12-10-20-29(23-25)18-7-3-5-14-27-16-9-17-28(22-27)15-6-4-8-19-30-21-11-13-26(2)24-30;17-12-5-1-3-8-15-10-7-11-16(14-15)9-4-2-6-13-18/h9-13,16-17,20-24H,3-8,14-15,18-19H2,1-2H3;7,10-11,14H,1-6,8-9,12-13H2/q+2;. The first-order valence-corrected chi connectivity index (χ1v) is 21.0. The van der Waals surface area contributed by atoms with Crippen molar-refractivity contribution in [1.82, 2.24) is 0 Å². The highest BCUT2D eigenvalue weighted by Crippen LogP contribution is 2.14. The van der Waals surface area contributed by atoms with Crippen LogP contribution in [-0.2, 0) is 38.8 Å². The fourth-order valence-corrected chi connectivity index (χ4v) is 7.06. The van der Waals surface area contributed by atoms with Crippen LogP contribution >= 0.6 is 31.9 Å². The van der Waals surface area contributed by atoms with Gasteiger partial charge < -0.3 is 0 Å². The van der Waals surface area contributed by atoms with E-state index in [2.05, 4.69) is 152 Å². The van der Waals surface area contributed by atoms with Crippen molar-refractivity contribution >= 4 is 31.9 Å². The average molecular weight is 779 g/mol. The van der Waals surface area contributed by atoms with Crippen LogP contribution in [0.4, 0.5) is 0 Å². The Kier molecular flexibility index (Phi) is 21.4. The van der Waals surface area contributed by atoms with E-state index in [-0.39, 0.29) is 0 Å². The van der Waals surface area contributed by atoms with Crippen LogP contribution in [0.15, 0.2) is 97.6 Å². The first-order valence-electron chi connectivity index (χ1n) is 18.7. The third kappa shape index (κ3) is 18.5. The molecule has 4 aromatic rings. The topological polar surface area (TPSA) is 7.76 Å². The first kappa shape index (κ1) is 40.1. The number of unbranched alkanes of at least 4 members (excludes halogenated alkanes) is 8. The summed E-state index contributed by atoms with van der Waals surface area (Å²) in [6, 6.07) is 27.1. The van der Waals surface area contributed by atoms with Crippen LogP contribution in [0, 0.1) is 13.8 Å². The lowest BCUT2D eigenvalue weighted by molar-refractivity contribution is -0.697. The summed E-state index contributed by atoms with van der Waals surface area (Å²) in [6.07, 6.45) is 29.3. The smallest absolute Gasteiger partial charge is 0.171 e. The Morgan fingerprint density at radius 1 is 0.417 bits per heavy atom. The molecular formula is C44H62Br2N2+2. The average Bonchev–Trinajstić information content (AvgIpc) is 3.09. The summed E-state index contributed by atoms with van der Waals surface area (Å²) in [5.41, 5.74) is 8.72. The summed E-state index contributed by atoms with van der Waals surface area (Å²) in [4.78, 5) is 0. The quantitative estimate of drug-likeness (QED) is 0.0426. The number of aromatic nitrogens is 2. The Balaban J connectivity index is 0.000000297. The second kappa shape index (κ2) is 25.6. The molecule has 2 aromatic heterocycles. The van der Waals surface area contributed by atoms with Gasteiger partial charge >= 0.3 is 0 Å². The molecule has 0 aliphatic carbocycles. The molecule has 0 saturated heterocycles. The lowest BCUT2D eigenvalue weighted by Crippen LogP contribution is -2.32. The molecule has 0 amide bonds. The molecule has 260 valence electrons. The third-order valence-electron chi connectivity index (χ3n) is 8.96. The Morgan fingerprint density at radius 2 is 0.771 bits per heavy atom. The number of nitrogens with zero attached hydrogens (tertiary/aromatic N) is 2. The van der Waals surface area contributed by atoms with E-state index >= 15 is 0 Å². The van der Waals surface area contributed by atoms with Crippen molar-refractivity contribution in [2.45, 2.75) is 130 Å². The number of hydrogen-bond donors (Lipinski definition) is 0. The molecular weight excluding hydrogens is 716 g/mol. The minimum Gasteiger partial charge on any atom is -0.205 e. The van der Waals surface area contributed by atoms with Gasteiger partial charge in [-0.1, -0.05) is 93.2 Å². The molecule has 4 rings (SSSR count). The highest BCUT2D eigenvalue weighted by Gasteiger charge is 2.03. The molecule has 0 aliphatic rings. The molecule has 0 spiro atoms. The van der Waals surface area contributed by atoms with E-state index in [0.29, 0.717) is 0 Å². The zero-order chi connectivity index (χ0) is 34.1. The largest absolute Gasteiger partial charge is 0.205 e. The van der Waals surface area contributed by atoms with Crippen LogP contribution in [0.3, 0.4) is 0 Å². The number of pyridine rings is 2. The van der Waals surface area contributed by atoms with Crippen LogP contribution in [-0.4, -0.2) is 10.7 Å². The molecule has 0 unspecified atom stereocenters. The lowest BCUT2D eigenvalue weighted by Gasteiger charge is -2.06. The second-order valence-corrected chi connectivity index (χ2v) is 15.1. The number of hydrogen-bond acceptors (Lipinski definition) is 0. The predicted octanol–water partition coefficient (Wildman–Crippen LogP) is 11.6. The second-order valence-electron chi connectivity index (χ2n) is 13.5. The molecule has 0 fully saturated rings. The highest BCUT2D eigenvalue weighted by molar-refractivity contribution is 9.09. The number of aryl methyl sites for hydroxylation is 8. The lowest BCUT2D eigenvalue weighted by atomic mass is 10.0. The van der Waals surface area contributed by atoms with E-state index in [9.17, 15) is 0 Å². The minimum atomic E-state index is 1.13. The van der Waals surface area contributed by atoms with Crippen LogP contribution in [0.1, 0.15) is 110 Å². The summed E-state index contributed by atoms with van der Waals surface area (Å²) in [7, 11) is 0. The van der Waals surface area contributed by atoms with Crippen molar-refractivity contribution in [3.05, 3.63) is 131 Å². The van der Waals surface area contributed by atoms with E-state index < -0.39 is 0 Å². The van der Waals surface area contributed by atoms with Crippen molar-refractivity contribution in [2.24, 2.45) is 0 Å². The monoisotopic (exact) mass is 776 g/mol. The van der Waals surface area contributed by atoms with E-state index in [1.807, 2.05) is 0 Å². The SMILES string of the molecule is BrCCCCCc1cccc(CCCCCBr)c1.Cc1ccc[n+](CCCCCc2cccc(CCCCC[n+]3cccc(C)c3)c2)c1. The molecule has 2 aromatic carbocycles. The van der Waals surface area contributed by atoms with Gasteiger partial charge in [0.25, 0.3) is 0 Å². The molecule has 2 nitrogen and oxygen atoms in total. The maximum Gasteiger partial charge on any atom is 0.171 e. The summed E-state index contributed by atoms with van der Waals surface area (Å²) >= 11 is 6.97. The zero-order valence-electron chi connectivity index (χ0n) is 30.0. The first-order chi connectivity index (χ1) is 23.6. The molecule has 0 radical (unpaired) electrons. The summed E-state index contributed by atoms with van der Waals surface area (Å²) in [6.45, 7) is 6.57. The molecule has 2 heterocycles. The van der Waals surface area contributed by atoms with E-state index in [1.54, 1.807) is 0 Å². The Hall–Kier alpha value is -2.30. The maximum atomic E-state index is 3.49. The molecule has 48 heavy (non-hydrogen) atoms. The Morgan fingerprint density at radius 3 is 1.10 bits per heavy atom. The molecule has 4 heteroatoms. The van der Waals surface area contributed by atoms with Crippen molar-refractivity contribution < 1.29 is 9.13 Å².